The minimum absolute atomic E-state index is 0.315. The van der Waals surface area contributed by atoms with Gasteiger partial charge in [0.25, 0.3) is 0 Å². The Morgan fingerprint density at radius 3 is 2.18 bits per heavy atom. The van der Waals surface area contributed by atoms with Crippen LogP contribution >= 0.6 is 0 Å². The molecule has 1 aliphatic rings. The number of rotatable bonds is 7. The largest absolute Gasteiger partial charge is 0.384 e. The first-order chi connectivity index (χ1) is 13.6. The predicted octanol–water partition coefficient (Wildman–Crippen LogP) is 5.37. The average molecular weight is 376 g/mol. The standard InChI is InChI=1S/C26H33NO/c1-22(2)27(21-23-13-5-3-6-14-23)20-12-11-19-26(28,25-17-9-10-18-25)24-15-7-4-8-16-24/h3-8,13-16,22,25,28H,9-10,17-21H2,1-2H3/t26-/m0/s1. The summed E-state index contributed by atoms with van der Waals surface area (Å²) < 4.78 is 0. The first-order valence-corrected chi connectivity index (χ1v) is 10.6. The van der Waals surface area contributed by atoms with Gasteiger partial charge in [-0.3, -0.25) is 4.90 Å². The molecule has 0 unspecified atom stereocenters. The fourth-order valence-corrected chi connectivity index (χ4v) is 4.21. The molecular formula is C26H33NO. The first-order valence-electron chi connectivity index (χ1n) is 10.6. The van der Waals surface area contributed by atoms with Crippen LogP contribution in [0.1, 0.15) is 57.1 Å². The summed E-state index contributed by atoms with van der Waals surface area (Å²) in [5.41, 5.74) is 1.50. The Morgan fingerprint density at radius 2 is 1.57 bits per heavy atom. The normalized spacial score (nSPS) is 16.8. The smallest absolute Gasteiger partial charge is 0.103 e. The van der Waals surface area contributed by atoms with Crippen molar-refractivity contribution in [3.8, 4) is 11.8 Å². The molecule has 2 heteroatoms. The van der Waals surface area contributed by atoms with Crippen molar-refractivity contribution in [3.05, 3.63) is 71.8 Å². The van der Waals surface area contributed by atoms with Crippen LogP contribution in [-0.2, 0) is 12.1 Å². The van der Waals surface area contributed by atoms with Gasteiger partial charge < -0.3 is 5.11 Å². The maximum atomic E-state index is 11.6. The van der Waals surface area contributed by atoms with Crippen molar-refractivity contribution in [2.24, 2.45) is 5.92 Å². The molecule has 0 bridgehead atoms. The summed E-state index contributed by atoms with van der Waals surface area (Å²) in [6.45, 7) is 6.05. The molecule has 2 nitrogen and oxygen atoms in total. The Bertz CT molecular complexity index is 768. The van der Waals surface area contributed by atoms with Gasteiger partial charge in [-0.15, -0.1) is 0 Å². The van der Waals surface area contributed by atoms with Crippen molar-refractivity contribution in [2.45, 2.75) is 64.1 Å². The van der Waals surface area contributed by atoms with Gasteiger partial charge in [-0.05, 0) is 43.7 Å². The molecule has 1 fully saturated rings. The Kier molecular flexibility index (Phi) is 7.31. The van der Waals surface area contributed by atoms with Crippen LogP contribution in [0.15, 0.2) is 60.7 Å². The Morgan fingerprint density at radius 1 is 0.964 bits per heavy atom. The molecule has 1 saturated carbocycles. The first kappa shape index (κ1) is 20.6. The van der Waals surface area contributed by atoms with Crippen LogP contribution < -0.4 is 0 Å². The van der Waals surface area contributed by atoms with Crippen LogP contribution in [0.25, 0.3) is 0 Å². The SMILES string of the molecule is CC(C)N(CC#CC[C@](O)(c1ccccc1)C1CCCC1)Cc1ccccc1. The molecule has 1 atom stereocenters. The summed E-state index contributed by atoms with van der Waals surface area (Å²) in [7, 11) is 0. The minimum Gasteiger partial charge on any atom is -0.384 e. The molecule has 0 radical (unpaired) electrons. The van der Waals surface area contributed by atoms with Gasteiger partial charge in [0.1, 0.15) is 5.60 Å². The second-order valence-corrected chi connectivity index (χ2v) is 8.29. The van der Waals surface area contributed by atoms with E-state index >= 15 is 0 Å². The fourth-order valence-electron chi connectivity index (χ4n) is 4.21. The highest BCUT2D eigenvalue weighted by molar-refractivity contribution is 5.26. The lowest BCUT2D eigenvalue weighted by molar-refractivity contribution is -0.0173. The average Bonchev–Trinajstić information content (AvgIpc) is 3.27. The second-order valence-electron chi connectivity index (χ2n) is 8.29. The van der Waals surface area contributed by atoms with Crippen molar-refractivity contribution < 1.29 is 5.11 Å². The lowest BCUT2D eigenvalue weighted by atomic mass is 9.78. The molecule has 2 aromatic rings. The molecule has 0 aliphatic heterocycles. The third-order valence-corrected chi connectivity index (χ3v) is 6.03. The zero-order valence-electron chi connectivity index (χ0n) is 17.3. The van der Waals surface area contributed by atoms with Crippen LogP contribution in [0.3, 0.4) is 0 Å². The van der Waals surface area contributed by atoms with Gasteiger partial charge in [0.05, 0.1) is 6.54 Å². The van der Waals surface area contributed by atoms with E-state index in [0.717, 1.165) is 31.5 Å². The lowest BCUT2D eigenvalue weighted by Crippen LogP contribution is -2.33. The van der Waals surface area contributed by atoms with Gasteiger partial charge >= 0.3 is 0 Å². The monoisotopic (exact) mass is 375 g/mol. The van der Waals surface area contributed by atoms with E-state index in [-0.39, 0.29) is 0 Å². The van der Waals surface area contributed by atoms with Crippen molar-refractivity contribution >= 4 is 0 Å². The molecule has 2 aromatic carbocycles. The summed E-state index contributed by atoms with van der Waals surface area (Å²) in [6.07, 6.45) is 5.13. The lowest BCUT2D eigenvalue weighted by Gasteiger charge is -2.33. The zero-order valence-corrected chi connectivity index (χ0v) is 17.3. The number of benzene rings is 2. The van der Waals surface area contributed by atoms with E-state index in [0.29, 0.717) is 18.4 Å². The highest BCUT2D eigenvalue weighted by Crippen LogP contribution is 2.42. The molecule has 0 saturated heterocycles. The van der Waals surface area contributed by atoms with Crippen LogP contribution in [0, 0.1) is 17.8 Å². The van der Waals surface area contributed by atoms with Crippen LogP contribution in [0.4, 0.5) is 0 Å². The highest BCUT2D eigenvalue weighted by atomic mass is 16.3. The van der Waals surface area contributed by atoms with Crippen molar-refractivity contribution in [1.29, 1.82) is 0 Å². The molecular weight excluding hydrogens is 342 g/mol. The van der Waals surface area contributed by atoms with Gasteiger partial charge in [0.15, 0.2) is 0 Å². The minimum atomic E-state index is -0.827. The van der Waals surface area contributed by atoms with Gasteiger partial charge in [0, 0.05) is 19.0 Å². The van der Waals surface area contributed by atoms with E-state index in [1.165, 1.54) is 18.4 Å². The van der Waals surface area contributed by atoms with Crippen molar-refractivity contribution in [2.75, 3.05) is 6.54 Å². The van der Waals surface area contributed by atoms with Crippen molar-refractivity contribution in [3.63, 3.8) is 0 Å². The number of hydrogen-bond donors (Lipinski definition) is 1. The summed E-state index contributed by atoms with van der Waals surface area (Å²) in [5.74, 6) is 7.00. The van der Waals surface area contributed by atoms with E-state index < -0.39 is 5.60 Å². The molecule has 0 heterocycles. The Balaban J connectivity index is 1.68. The van der Waals surface area contributed by atoms with E-state index in [2.05, 4.69) is 73.1 Å². The molecule has 148 valence electrons. The van der Waals surface area contributed by atoms with E-state index in [1.807, 2.05) is 18.2 Å². The van der Waals surface area contributed by atoms with Crippen LogP contribution in [0.2, 0.25) is 0 Å². The number of hydrogen-bond acceptors (Lipinski definition) is 2. The maximum absolute atomic E-state index is 11.6. The Labute approximate surface area is 170 Å². The Hall–Kier alpha value is -2.08. The van der Waals surface area contributed by atoms with Gasteiger partial charge in [-0.1, -0.05) is 85.3 Å². The summed E-state index contributed by atoms with van der Waals surface area (Å²) >= 11 is 0. The van der Waals surface area contributed by atoms with Gasteiger partial charge in [-0.25, -0.2) is 0 Å². The second kappa shape index (κ2) is 9.92. The molecule has 0 spiro atoms. The summed E-state index contributed by atoms with van der Waals surface area (Å²) in [6, 6.07) is 21.1. The maximum Gasteiger partial charge on any atom is 0.103 e. The third kappa shape index (κ3) is 5.25. The fraction of sp³-hybridized carbons (Fsp3) is 0.462. The molecule has 28 heavy (non-hydrogen) atoms. The molecule has 3 rings (SSSR count). The number of nitrogens with zero attached hydrogens (tertiary/aromatic N) is 1. The summed E-state index contributed by atoms with van der Waals surface area (Å²) in [4.78, 5) is 2.37. The van der Waals surface area contributed by atoms with E-state index in [9.17, 15) is 5.11 Å². The van der Waals surface area contributed by atoms with Gasteiger partial charge in [0.2, 0.25) is 0 Å². The molecule has 1 N–H and O–H groups in total. The zero-order chi connectivity index (χ0) is 19.8. The topological polar surface area (TPSA) is 23.5 Å². The predicted molar refractivity (Wildman–Crippen MR) is 117 cm³/mol. The van der Waals surface area contributed by atoms with Gasteiger partial charge in [-0.2, -0.15) is 0 Å². The van der Waals surface area contributed by atoms with Crippen LogP contribution in [0.5, 0.6) is 0 Å². The molecule has 1 aliphatic carbocycles. The molecule has 0 aromatic heterocycles. The highest BCUT2D eigenvalue weighted by Gasteiger charge is 2.39. The van der Waals surface area contributed by atoms with E-state index in [4.69, 9.17) is 0 Å². The molecule has 0 amide bonds. The van der Waals surface area contributed by atoms with Crippen LogP contribution in [-0.4, -0.2) is 22.6 Å². The quantitative estimate of drug-likeness (QED) is 0.658. The van der Waals surface area contributed by atoms with E-state index in [1.54, 1.807) is 0 Å². The van der Waals surface area contributed by atoms with Crippen molar-refractivity contribution in [1.82, 2.24) is 4.90 Å². The third-order valence-electron chi connectivity index (χ3n) is 6.03. The summed E-state index contributed by atoms with van der Waals surface area (Å²) in [5, 5.41) is 11.6. The number of aliphatic hydroxyl groups is 1.